The molecule has 1 aliphatic carbocycles. The molecule has 0 amide bonds. The molecule has 0 aromatic heterocycles. The first-order valence-corrected chi connectivity index (χ1v) is 4.22. The van der Waals surface area contributed by atoms with Gasteiger partial charge in [-0.25, -0.2) is 0 Å². The first-order valence-electron chi connectivity index (χ1n) is 4.22. The van der Waals surface area contributed by atoms with Crippen LogP contribution in [-0.4, -0.2) is 13.7 Å². The second-order valence-electron chi connectivity index (χ2n) is 3.20. The lowest BCUT2D eigenvalue weighted by molar-refractivity contribution is 0.412. The van der Waals surface area contributed by atoms with Crippen LogP contribution in [0.3, 0.4) is 0 Å². The van der Waals surface area contributed by atoms with Crippen LogP contribution in [-0.2, 0) is 6.42 Å². The van der Waals surface area contributed by atoms with E-state index in [0.29, 0.717) is 5.92 Å². The first-order chi connectivity index (χ1) is 5.85. The van der Waals surface area contributed by atoms with E-state index in [1.54, 1.807) is 7.11 Å². The summed E-state index contributed by atoms with van der Waals surface area (Å²) in [5, 5.41) is 0. The van der Waals surface area contributed by atoms with E-state index >= 15 is 0 Å². The molecule has 2 N–H and O–H groups in total. The number of halogens is 1. The first kappa shape index (κ1) is 10.4. The standard InChI is InChI=1S/C10H13NO.ClH/c1-12-9-2-3-10-7(5-9)4-8(10)6-11;/h2-3,5,8H,4,6,11H2,1H3;1H. The van der Waals surface area contributed by atoms with Crippen LogP contribution in [0.25, 0.3) is 0 Å². The van der Waals surface area contributed by atoms with Crippen molar-refractivity contribution < 1.29 is 4.74 Å². The minimum Gasteiger partial charge on any atom is -0.497 e. The van der Waals surface area contributed by atoms with Crippen LogP contribution >= 0.6 is 12.4 Å². The van der Waals surface area contributed by atoms with Gasteiger partial charge in [-0.3, -0.25) is 0 Å². The molecule has 2 rings (SSSR count). The summed E-state index contributed by atoms with van der Waals surface area (Å²) >= 11 is 0. The van der Waals surface area contributed by atoms with Gasteiger partial charge in [-0.2, -0.15) is 0 Å². The van der Waals surface area contributed by atoms with Crippen molar-refractivity contribution in [2.75, 3.05) is 13.7 Å². The van der Waals surface area contributed by atoms with Gasteiger partial charge < -0.3 is 10.5 Å². The predicted molar refractivity (Wildman–Crippen MR) is 55.7 cm³/mol. The maximum atomic E-state index is 5.59. The van der Waals surface area contributed by atoms with Crippen LogP contribution in [0.15, 0.2) is 18.2 Å². The highest BCUT2D eigenvalue weighted by Gasteiger charge is 2.24. The Balaban J connectivity index is 0.000000845. The fourth-order valence-electron chi connectivity index (χ4n) is 1.74. The minimum absolute atomic E-state index is 0. The highest BCUT2D eigenvalue weighted by atomic mass is 35.5. The summed E-state index contributed by atoms with van der Waals surface area (Å²) in [5.74, 6) is 1.54. The van der Waals surface area contributed by atoms with Crippen molar-refractivity contribution in [3.8, 4) is 5.75 Å². The highest BCUT2D eigenvalue weighted by Crippen LogP contribution is 2.36. The fraction of sp³-hybridized carbons (Fsp3) is 0.400. The monoisotopic (exact) mass is 199 g/mol. The number of fused-ring (bicyclic) bond motifs is 1. The lowest BCUT2D eigenvalue weighted by Gasteiger charge is -2.29. The SMILES string of the molecule is COc1ccc2c(c1)CC2CN.Cl. The number of hydrogen-bond donors (Lipinski definition) is 1. The van der Waals surface area contributed by atoms with Gasteiger partial charge in [-0.1, -0.05) is 6.07 Å². The maximum absolute atomic E-state index is 5.59. The largest absolute Gasteiger partial charge is 0.497 e. The molecule has 0 radical (unpaired) electrons. The third-order valence-electron chi connectivity index (χ3n) is 2.54. The van der Waals surface area contributed by atoms with E-state index in [-0.39, 0.29) is 12.4 Å². The molecule has 0 saturated carbocycles. The van der Waals surface area contributed by atoms with Crippen LogP contribution in [0.1, 0.15) is 17.0 Å². The lowest BCUT2D eigenvalue weighted by Crippen LogP contribution is -2.24. The smallest absolute Gasteiger partial charge is 0.119 e. The topological polar surface area (TPSA) is 35.2 Å². The second-order valence-corrected chi connectivity index (χ2v) is 3.20. The number of benzene rings is 1. The Kier molecular flexibility index (Phi) is 3.17. The van der Waals surface area contributed by atoms with Gasteiger partial charge in [0.05, 0.1) is 7.11 Å². The number of rotatable bonds is 2. The lowest BCUT2D eigenvalue weighted by atomic mass is 9.77. The molecule has 0 aliphatic heterocycles. The zero-order valence-electron chi connectivity index (χ0n) is 7.62. The van der Waals surface area contributed by atoms with Gasteiger partial charge in [0.2, 0.25) is 0 Å². The van der Waals surface area contributed by atoms with Gasteiger partial charge in [0.15, 0.2) is 0 Å². The Labute approximate surface area is 84.5 Å². The Morgan fingerprint density at radius 1 is 1.54 bits per heavy atom. The number of hydrogen-bond acceptors (Lipinski definition) is 2. The summed E-state index contributed by atoms with van der Waals surface area (Å²) in [5.41, 5.74) is 8.38. The highest BCUT2D eigenvalue weighted by molar-refractivity contribution is 5.85. The van der Waals surface area contributed by atoms with Gasteiger partial charge in [-0.05, 0) is 36.2 Å². The van der Waals surface area contributed by atoms with E-state index in [0.717, 1.165) is 18.7 Å². The Hall–Kier alpha value is -0.730. The van der Waals surface area contributed by atoms with E-state index in [1.807, 2.05) is 6.07 Å². The summed E-state index contributed by atoms with van der Waals surface area (Å²) in [6.07, 6.45) is 1.11. The number of methoxy groups -OCH3 is 1. The van der Waals surface area contributed by atoms with E-state index in [4.69, 9.17) is 10.5 Å². The molecule has 72 valence electrons. The van der Waals surface area contributed by atoms with Crippen molar-refractivity contribution in [3.63, 3.8) is 0 Å². The zero-order valence-corrected chi connectivity index (χ0v) is 8.43. The van der Waals surface area contributed by atoms with Gasteiger partial charge in [0.1, 0.15) is 5.75 Å². The molecule has 3 heteroatoms. The van der Waals surface area contributed by atoms with Gasteiger partial charge in [-0.15, -0.1) is 12.4 Å². The van der Waals surface area contributed by atoms with E-state index in [1.165, 1.54) is 11.1 Å². The second kappa shape index (κ2) is 3.99. The van der Waals surface area contributed by atoms with Crippen molar-refractivity contribution in [3.05, 3.63) is 29.3 Å². The van der Waals surface area contributed by atoms with Crippen LogP contribution in [0.4, 0.5) is 0 Å². The summed E-state index contributed by atoms with van der Waals surface area (Å²) in [4.78, 5) is 0. The summed E-state index contributed by atoms with van der Waals surface area (Å²) in [7, 11) is 1.70. The van der Waals surface area contributed by atoms with Crippen LogP contribution in [0.2, 0.25) is 0 Å². The molecule has 1 aromatic rings. The zero-order chi connectivity index (χ0) is 8.55. The molecular formula is C10H14ClNO. The number of ether oxygens (including phenoxy) is 1. The van der Waals surface area contributed by atoms with Crippen LogP contribution in [0.5, 0.6) is 5.75 Å². The van der Waals surface area contributed by atoms with Crippen molar-refractivity contribution in [1.82, 2.24) is 0 Å². The van der Waals surface area contributed by atoms with Crippen molar-refractivity contribution in [2.24, 2.45) is 5.73 Å². The normalized spacial score (nSPS) is 18.2. The van der Waals surface area contributed by atoms with Gasteiger partial charge >= 0.3 is 0 Å². The Morgan fingerprint density at radius 3 is 2.85 bits per heavy atom. The summed E-state index contributed by atoms with van der Waals surface area (Å²) in [6, 6.07) is 6.22. The third-order valence-corrected chi connectivity index (χ3v) is 2.54. The van der Waals surface area contributed by atoms with Crippen LogP contribution in [0, 0.1) is 0 Å². The van der Waals surface area contributed by atoms with E-state index in [9.17, 15) is 0 Å². The van der Waals surface area contributed by atoms with E-state index in [2.05, 4.69) is 12.1 Å². The average molecular weight is 200 g/mol. The molecule has 0 heterocycles. The molecule has 1 unspecified atom stereocenters. The van der Waals surface area contributed by atoms with Crippen molar-refractivity contribution >= 4 is 12.4 Å². The molecule has 2 nitrogen and oxygen atoms in total. The van der Waals surface area contributed by atoms with Gasteiger partial charge in [0, 0.05) is 5.92 Å². The Bertz CT molecular complexity index is 301. The quantitative estimate of drug-likeness (QED) is 0.787. The molecule has 1 atom stereocenters. The number of nitrogens with two attached hydrogens (primary N) is 1. The molecule has 0 fully saturated rings. The average Bonchev–Trinajstić information content (AvgIpc) is 2.07. The fourth-order valence-corrected chi connectivity index (χ4v) is 1.74. The molecule has 1 aliphatic rings. The predicted octanol–water partition coefficient (Wildman–Crippen LogP) is 1.72. The molecule has 0 spiro atoms. The van der Waals surface area contributed by atoms with Crippen molar-refractivity contribution in [1.29, 1.82) is 0 Å². The maximum Gasteiger partial charge on any atom is 0.119 e. The Morgan fingerprint density at radius 2 is 2.31 bits per heavy atom. The van der Waals surface area contributed by atoms with Crippen molar-refractivity contribution in [2.45, 2.75) is 12.3 Å². The molecule has 1 aromatic carbocycles. The third kappa shape index (κ3) is 1.64. The van der Waals surface area contributed by atoms with Gasteiger partial charge in [0.25, 0.3) is 0 Å². The summed E-state index contributed by atoms with van der Waals surface area (Å²) in [6.45, 7) is 0.763. The minimum atomic E-state index is 0. The molecule has 13 heavy (non-hydrogen) atoms. The molecule has 0 bridgehead atoms. The van der Waals surface area contributed by atoms with Crippen LogP contribution < -0.4 is 10.5 Å². The van der Waals surface area contributed by atoms with E-state index < -0.39 is 0 Å². The summed E-state index contributed by atoms with van der Waals surface area (Å²) < 4.78 is 5.12. The molecule has 0 saturated heterocycles. The molecular weight excluding hydrogens is 186 g/mol.